The molecule has 0 radical (unpaired) electrons. The van der Waals surface area contributed by atoms with Crippen LogP contribution in [-0.2, 0) is 39.0 Å². The lowest BCUT2D eigenvalue weighted by atomic mass is 9.71. The number of carbonyl (C=O) groups excluding carboxylic acids is 5. The summed E-state index contributed by atoms with van der Waals surface area (Å²) >= 11 is 9.43. The fraction of sp³-hybridized carbons (Fsp3) is 0.494. The predicted molar refractivity (Wildman–Crippen MR) is 456 cm³/mol. The van der Waals surface area contributed by atoms with E-state index >= 15 is 0 Å². The second-order valence-corrected chi connectivity index (χ2v) is 39.0. The molecule has 5 amide bonds. The van der Waals surface area contributed by atoms with Gasteiger partial charge in [0.15, 0.2) is 0 Å². The summed E-state index contributed by atoms with van der Waals surface area (Å²) in [4.78, 5) is 93.1. The maximum Gasteiger partial charge on any atom is 0.501 e. The number of amides is 5. The van der Waals surface area contributed by atoms with Gasteiger partial charge < -0.3 is 50.7 Å². The lowest BCUT2D eigenvalue weighted by Crippen LogP contribution is -2.59. The fourth-order valence-corrected chi connectivity index (χ4v) is 20.2. The summed E-state index contributed by atoms with van der Waals surface area (Å²) < 4.78 is 105. The number of rotatable bonds is 31. The van der Waals surface area contributed by atoms with E-state index in [1.165, 1.54) is 46.1 Å². The van der Waals surface area contributed by atoms with Crippen molar-refractivity contribution in [1.29, 1.82) is 0 Å². The van der Waals surface area contributed by atoms with Crippen molar-refractivity contribution in [3.63, 3.8) is 0 Å². The highest BCUT2D eigenvalue weighted by molar-refractivity contribution is 7.99. The number of hydrogen-bond donors (Lipinski definition) is 6. The number of likely N-dealkylation sites (tertiary alicyclic amines) is 1. The highest BCUT2D eigenvalue weighted by atomic mass is 35.5. The molecule has 4 aliphatic heterocycles. The molecule has 4 saturated heterocycles. The average Bonchev–Trinajstić information content (AvgIpc) is 0.967. The molecule has 636 valence electrons. The summed E-state index contributed by atoms with van der Waals surface area (Å²) in [5, 5.41) is 23.1. The van der Waals surface area contributed by atoms with Crippen LogP contribution in [0.3, 0.4) is 0 Å². The predicted octanol–water partition coefficient (Wildman–Crippen LogP) is 10.1. The van der Waals surface area contributed by atoms with Crippen LogP contribution in [0.4, 0.5) is 30.4 Å². The Hall–Kier alpha value is -8.28. The van der Waals surface area contributed by atoms with Crippen molar-refractivity contribution in [3.05, 3.63) is 177 Å². The Kier molecular flexibility index (Phi) is 29.5. The molecule has 4 aromatic carbocycles. The molecule has 2 aromatic heterocycles. The summed E-state index contributed by atoms with van der Waals surface area (Å²) in [6.45, 7) is 23.5. The minimum absolute atomic E-state index is 0.0103. The maximum atomic E-state index is 14.4. The van der Waals surface area contributed by atoms with Crippen LogP contribution >= 0.6 is 34.7 Å². The number of allylic oxidation sites excluding steroid dienone is 4. The number of β-amino-alcohol motifs (C(OH)–C–C–N with tert-alkyl or cyclic N) is 1. The molecule has 4 fully saturated rings. The molecule has 6 heterocycles. The number of halogens is 4. The number of alkyl halides is 3. The van der Waals surface area contributed by atoms with Gasteiger partial charge in [-0.25, -0.2) is 31.5 Å². The Labute approximate surface area is 703 Å². The number of pyridine rings is 1. The molecular weight excluding hydrogens is 1610 g/mol. The molecule has 7 atom stereocenters. The Morgan fingerprint density at radius 3 is 2.15 bits per heavy atom. The number of aromatic nitrogens is 2. The first-order valence-corrected chi connectivity index (χ1v) is 45.5. The third kappa shape index (κ3) is 23.0. The normalized spacial score (nSPS) is 20.9. The van der Waals surface area contributed by atoms with E-state index in [-0.39, 0.29) is 47.4 Å². The molecule has 0 saturated carbocycles. The van der Waals surface area contributed by atoms with E-state index < -0.39 is 101 Å². The largest absolute Gasteiger partial charge is 0.501 e. The van der Waals surface area contributed by atoms with Crippen molar-refractivity contribution in [2.75, 3.05) is 152 Å². The number of sulfone groups is 1. The van der Waals surface area contributed by atoms with Crippen molar-refractivity contribution in [3.8, 4) is 0 Å². The Bertz CT molecular complexity index is 4850. The number of hydrogen-bond acceptors (Lipinski definition) is 22. The number of sulfonamides is 1. The van der Waals surface area contributed by atoms with Crippen LogP contribution in [0.25, 0.3) is 11.1 Å². The molecule has 0 bridgehead atoms. The molecule has 33 heteroatoms. The Morgan fingerprint density at radius 2 is 1.50 bits per heavy atom. The number of ether oxygens (including phenoxy) is 1. The molecule has 6 aliphatic rings. The SMILES string of the molecule is Cc1ncsc1C1=CCC([C@H](C)NC(=O)[C@@H]2C[C@@H](O)CN2C(=O)[C@@H](NC(=O)CNC(=O)c2ccc(N3CCN(CCN(C)CC4(C)CCC(c5ccc(Cl)cc5)=C(CN5CCN(c6ccc(C(=O)NS(=O)(=O)c7ccc(N[C@H](CCN8CCOCC8)CSc8ccccc8)c(S(=O)(=O)C(F)(F)F)c7)cc6)CC5)C4)CC3)nc2)C(C)(C)C)C=C1. The molecule has 2 aliphatic carbocycles. The monoisotopic (exact) mass is 1720 g/mol. The second kappa shape index (κ2) is 39.1. The lowest BCUT2D eigenvalue weighted by molar-refractivity contribution is -0.144. The van der Waals surface area contributed by atoms with Crippen LogP contribution in [0.5, 0.6) is 0 Å². The van der Waals surface area contributed by atoms with Crippen molar-refractivity contribution in [2.24, 2.45) is 16.7 Å². The Balaban J connectivity index is 0.585. The molecule has 6 aromatic rings. The van der Waals surface area contributed by atoms with Gasteiger partial charge in [-0.1, -0.05) is 93.4 Å². The van der Waals surface area contributed by atoms with Crippen LogP contribution in [-0.4, -0.2) is 259 Å². The first kappa shape index (κ1) is 89.0. The number of benzene rings is 4. The van der Waals surface area contributed by atoms with Gasteiger partial charge in [0.2, 0.25) is 17.7 Å². The van der Waals surface area contributed by atoms with Gasteiger partial charge in [-0.2, -0.15) is 13.2 Å². The number of aryl methyl sites for hydroxylation is 1. The van der Waals surface area contributed by atoms with Crippen LogP contribution in [0.1, 0.15) is 110 Å². The lowest BCUT2D eigenvalue weighted by Gasteiger charge is -2.42. The number of anilines is 3. The number of nitrogens with zero attached hydrogens (tertiary/aromatic N) is 9. The van der Waals surface area contributed by atoms with E-state index in [0.717, 1.165) is 135 Å². The molecule has 25 nitrogen and oxygen atoms in total. The van der Waals surface area contributed by atoms with Gasteiger partial charge in [-0.15, -0.1) is 23.1 Å². The van der Waals surface area contributed by atoms with E-state index in [4.69, 9.17) is 16.3 Å². The molecular formula is C85H108ClF3N14O11S4. The highest BCUT2D eigenvalue weighted by Gasteiger charge is 2.49. The van der Waals surface area contributed by atoms with E-state index in [2.05, 4.69) is 105 Å². The summed E-state index contributed by atoms with van der Waals surface area (Å²) in [7, 11) is -8.83. The smallest absolute Gasteiger partial charge is 0.391 e. The van der Waals surface area contributed by atoms with Gasteiger partial charge in [0.25, 0.3) is 31.7 Å². The van der Waals surface area contributed by atoms with E-state index in [9.17, 15) is 59.1 Å². The summed E-state index contributed by atoms with van der Waals surface area (Å²) in [5.74, 6) is -1.94. The number of thiazole rings is 1. The molecule has 2 unspecified atom stereocenters. The van der Waals surface area contributed by atoms with Crippen molar-refractivity contribution in [1.82, 2.24) is 55.1 Å². The van der Waals surface area contributed by atoms with Gasteiger partial charge in [0.05, 0.1) is 58.1 Å². The van der Waals surface area contributed by atoms with E-state index in [0.29, 0.717) is 75.6 Å². The van der Waals surface area contributed by atoms with E-state index in [1.54, 1.807) is 56.4 Å². The minimum Gasteiger partial charge on any atom is -0.391 e. The number of carbonyl (C=O) groups is 5. The number of aliphatic hydroxyl groups is 1. The van der Waals surface area contributed by atoms with Gasteiger partial charge in [-0.05, 0) is 159 Å². The van der Waals surface area contributed by atoms with Crippen molar-refractivity contribution < 1.29 is 63.8 Å². The van der Waals surface area contributed by atoms with Crippen LogP contribution in [0.2, 0.25) is 5.02 Å². The quantitative estimate of drug-likeness (QED) is 0.0221. The summed E-state index contributed by atoms with van der Waals surface area (Å²) in [6.07, 6.45) is 10.8. The Morgan fingerprint density at radius 1 is 0.814 bits per heavy atom. The number of nitrogens with one attached hydrogen (secondary N) is 5. The van der Waals surface area contributed by atoms with Gasteiger partial charge >= 0.3 is 5.51 Å². The van der Waals surface area contributed by atoms with Gasteiger partial charge in [0, 0.05) is 162 Å². The summed E-state index contributed by atoms with van der Waals surface area (Å²) in [6, 6.07) is 26.9. The molecule has 0 spiro atoms. The zero-order valence-electron chi connectivity index (χ0n) is 67.8. The average molecular weight is 1720 g/mol. The number of thioether (sulfide) groups is 1. The number of piperazine rings is 2. The van der Waals surface area contributed by atoms with Crippen LogP contribution < -0.4 is 35.8 Å². The number of aliphatic hydroxyl groups excluding tert-OH is 1. The minimum atomic E-state index is -6.11. The first-order valence-electron chi connectivity index (χ1n) is 40.2. The fourth-order valence-electron chi connectivity index (χ4n) is 16.3. The van der Waals surface area contributed by atoms with Crippen molar-refractivity contribution in [2.45, 2.75) is 131 Å². The third-order valence-corrected chi connectivity index (χ3v) is 28.3. The zero-order chi connectivity index (χ0) is 84.3. The summed E-state index contributed by atoms with van der Waals surface area (Å²) in [5.41, 5.74) is 1.80. The van der Waals surface area contributed by atoms with Crippen molar-refractivity contribution >= 4 is 112 Å². The van der Waals surface area contributed by atoms with E-state index in [1.807, 2.05) is 66.5 Å². The maximum absolute atomic E-state index is 14.4. The highest BCUT2D eigenvalue weighted by Crippen LogP contribution is 2.45. The van der Waals surface area contributed by atoms with Gasteiger partial charge in [-0.3, -0.25) is 38.7 Å². The van der Waals surface area contributed by atoms with Crippen LogP contribution in [0, 0.1) is 23.7 Å². The second-order valence-electron chi connectivity index (χ2n) is 33.0. The third-order valence-electron chi connectivity index (χ3n) is 23.1. The first-order chi connectivity index (χ1) is 56.1. The van der Waals surface area contributed by atoms with Gasteiger partial charge in [0.1, 0.15) is 22.8 Å². The van der Waals surface area contributed by atoms with Crippen LogP contribution in [0.15, 0.2) is 159 Å². The molecule has 118 heavy (non-hydrogen) atoms. The molecule has 6 N–H and O–H groups in total. The topological polar surface area (TPSA) is 292 Å². The zero-order valence-corrected chi connectivity index (χ0v) is 71.8. The standard InChI is InChI=1S/C85H108ClF3N14O11S4/c1-57(59-13-15-61(16-14-59)77-58(2)92-56-116-77)93-81(108)73-47-68(104)53-103(73)82(109)78(83(3,4)5)95-76(105)51-91-79(106)63-21-28-75(90-50-63)102-41-35-99(36-42-102)34-33-97(7)55-84(6)31-29-71(60-17-22-65(86)23-18-60)64(49-84)52-100-37-39-101(40-38-100)67-24-19-62(20-25-67)80(107)96-118(112,113)70-26-27-72(74(48-70)117(110,111)85(87,88)89)94-66(30-32-98-43-45-114-46-44-98)54-115-69-11-9-8-10-12-69/h8-13,15-28,48,50,56-57,59,66,68,73,78,94,104H,14,29-47,49,51-55H2,1-7H3,(H,91,106)(H,93,108)(H,95,105)(H,96,107)/t57-,59?,66+,68+,73-,78+,84?/m0/s1. The number of morpholine rings is 1. The number of likely N-dealkylation sites (N-methyl/N-ethyl adjacent to an activating group) is 1. The molecule has 12 rings (SSSR count).